The fraction of sp³-hybridized carbons (Fsp3) is 0.143. The Labute approximate surface area is 177 Å². The van der Waals surface area contributed by atoms with E-state index in [1.165, 1.54) is 24.3 Å². The summed E-state index contributed by atoms with van der Waals surface area (Å²) < 4.78 is 64.0. The molecule has 0 aliphatic rings. The summed E-state index contributed by atoms with van der Waals surface area (Å²) >= 11 is 11.2. The first-order chi connectivity index (χ1) is 11.6. The van der Waals surface area contributed by atoms with Gasteiger partial charge in [0.1, 0.15) is 20.2 Å². The summed E-state index contributed by atoms with van der Waals surface area (Å²) in [7, 11) is -9.08. The molecule has 0 aliphatic heterocycles. The summed E-state index contributed by atoms with van der Waals surface area (Å²) in [6, 6.07) is 5.38. The van der Waals surface area contributed by atoms with E-state index in [0.29, 0.717) is 11.1 Å². The number of halogens is 2. The molecule has 0 saturated heterocycles. The Hall–Kier alpha value is -1.07. The standard InChI is InChI=1S/2C7H8ClNO3S.Ni/c2*1-4-2-5(8)7(9)6(3-4)13(10,11)12;/h2*2-3H,9H2,1H3,(H,10,11,12);/q;;+2/p-2. The van der Waals surface area contributed by atoms with Crippen LogP contribution in [0.2, 0.25) is 10.0 Å². The molecule has 0 aliphatic carbocycles. The molecule has 27 heavy (non-hydrogen) atoms. The van der Waals surface area contributed by atoms with Gasteiger partial charge < -0.3 is 20.6 Å². The molecule has 0 heterocycles. The Morgan fingerprint density at radius 1 is 0.741 bits per heavy atom. The van der Waals surface area contributed by atoms with Crippen LogP contribution < -0.4 is 11.5 Å². The largest absolute Gasteiger partial charge is 2.00 e. The van der Waals surface area contributed by atoms with E-state index in [4.69, 9.17) is 34.7 Å². The number of rotatable bonds is 2. The van der Waals surface area contributed by atoms with E-state index in [0.717, 1.165) is 0 Å². The number of hydrogen-bond donors (Lipinski definition) is 2. The van der Waals surface area contributed by atoms with Gasteiger partial charge in [-0.2, -0.15) is 0 Å². The molecule has 8 nitrogen and oxygen atoms in total. The van der Waals surface area contributed by atoms with Gasteiger partial charge in [0, 0.05) is 0 Å². The summed E-state index contributed by atoms with van der Waals surface area (Å²) in [6.45, 7) is 3.25. The van der Waals surface area contributed by atoms with Crippen molar-refractivity contribution in [1.29, 1.82) is 0 Å². The molecule has 0 radical (unpaired) electrons. The normalized spacial score (nSPS) is 11.2. The fourth-order valence-electron chi connectivity index (χ4n) is 1.86. The monoisotopic (exact) mass is 498 g/mol. The van der Waals surface area contributed by atoms with E-state index in [2.05, 4.69) is 0 Å². The van der Waals surface area contributed by atoms with Crippen molar-refractivity contribution in [2.75, 3.05) is 11.5 Å². The molecular formula is C14H14Cl2N2NiO6S2. The smallest absolute Gasteiger partial charge is 0.744 e. The van der Waals surface area contributed by atoms with Crippen molar-refractivity contribution in [3.63, 3.8) is 0 Å². The minimum atomic E-state index is -4.54. The summed E-state index contributed by atoms with van der Waals surface area (Å²) in [6.07, 6.45) is 0. The van der Waals surface area contributed by atoms with Crippen LogP contribution in [0.5, 0.6) is 0 Å². The van der Waals surface area contributed by atoms with E-state index < -0.39 is 30.0 Å². The van der Waals surface area contributed by atoms with E-state index in [1.54, 1.807) is 13.8 Å². The summed E-state index contributed by atoms with van der Waals surface area (Å²) in [5.41, 5.74) is 11.4. The zero-order valence-corrected chi connectivity index (χ0v) is 17.9. The van der Waals surface area contributed by atoms with Crippen LogP contribution in [0.3, 0.4) is 0 Å². The molecular weight excluding hydrogens is 486 g/mol. The van der Waals surface area contributed by atoms with E-state index in [-0.39, 0.29) is 37.9 Å². The first-order valence-corrected chi connectivity index (χ1v) is 10.2. The summed E-state index contributed by atoms with van der Waals surface area (Å²) in [5.74, 6) is 0. The number of benzene rings is 2. The van der Waals surface area contributed by atoms with Gasteiger partial charge in [-0.1, -0.05) is 23.2 Å². The molecule has 2 rings (SSSR count). The van der Waals surface area contributed by atoms with Crippen molar-refractivity contribution in [3.8, 4) is 0 Å². The molecule has 13 heteroatoms. The van der Waals surface area contributed by atoms with Crippen LogP contribution in [0, 0.1) is 13.8 Å². The van der Waals surface area contributed by atoms with Crippen molar-refractivity contribution >= 4 is 54.8 Å². The van der Waals surface area contributed by atoms with Gasteiger partial charge in [-0.05, 0) is 49.2 Å². The second-order valence-corrected chi connectivity index (χ2v) is 8.74. The Morgan fingerprint density at radius 3 is 1.22 bits per heavy atom. The van der Waals surface area contributed by atoms with Gasteiger partial charge in [-0.25, -0.2) is 16.8 Å². The topological polar surface area (TPSA) is 166 Å². The van der Waals surface area contributed by atoms with Crippen LogP contribution >= 0.6 is 23.2 Å². The molecule has 0 fully saturated rings. The first-order valence-electron chi connectivity index (χ1n) is 6.67. The van der Waals surface area contributed by atoms with Gasteiger partial charge in [0.05, 0.1) is 31.2 Å². The molecule has 0 spiro atoms. The van der Waals surface area contributed by atoms with E-state index in [9.17, 15) is 25.9 Å². The number of nitrogens with two attached hydrogens (primary N) is 2. The third kappa shape index (κ3) is 7.11. The van der Waals surface area contributed by atoms with Gasteiger partial charge in [-0.15, -0.1) is 0 Å². The quantitative estimate of drug-likeness (QED) is 0.360. The maximum absolute atomic E-state index is 10.7. The predicted molar refractivity (Wildman–Crippen MR) is 97.1 cm³/mol. The molecule has 0 bridgehead atoms. The Kier molecular flexibility index (Phi) is 9.05. The molecule has 0 unspecified atom stereocenters. The Balaban J connectivity index is 0.000000483. The first kappa shape index (κ1) is 25.9. The van der Waals surface area contributed by atoms with Crippen LogP contribution in [0.1, 0.15) is 11.1 Å². The zero-order chi connectivity index (χ0) is 20.4. The zero-order valence-electron chi connectivity index (χ0n) is 13.8. The number of hydrogen-bond acceptors (Lipinski definition) is 8. The summed E-state index contributed by atoms with van der Waals surface area (Å²) in [5, 5.41) is 0.156. The summed E-state index contributed by atoms with van der Waals surface area (Å²) in [4.78, 5) is -0.921. The van der Waals surface area contributed by atoms with Crippen molar-refractivity contribution < 1.29 is 42.4 Å². The molecule has 0 amide bonds. The average Bonchev–Trinajstić information content (AvgIpc) is 2.45. The molecule has 0 aromatic heterocycles. The SMILES string of the molecule is Cc1cc(Cl)c(N)c(S(=O)(=O)[O-])c1.Cc1cc(Cl)c(N)c(S(=O)(=O)[O-])c1.[Ni+2]. The van der Waals surface area contributed by atoms with Gasteiger partial charge in [-0.3, -0.25) is 0 Å². The second-order valence-electron chi connectivity index (χ2n) is 5.23. The number of anilines is 2. The Bertz CT molecular complexity index is 974. The molecule has 2 aromatic carbocycles. The van der Waals surface area contributed by atoms with Crippen LogP contribution in [-0.2, 0) is 36.7 Å². The minimum Gasteiger partial charge on any atom is -0.744 e. The van der Waals surface area contributed by atoms with Crippen LogP contribution in [-0.4, -0.2) is 25.9 Å². The average molecular weight is 500 g/mol. The van der Waals surface area contributed by atoms with Gasteiger partial charge in [0.2, 0.25) is 0 Å². The van der Waals surface area contributed by atoms with Crippen LogP contribution in [0.25, 0.3) is 0 Å². The minimum absolute atomic E-state index is 0. The molecule has 0 saturated carbocycles. The van der Waals surface area contributed by atoms with Crippen LogP contribution in [0.4, 0.5) is 11.4 Å². The maximum Gasteiger partial charge on any atom is 2.00 e. The third-order valence-electron chi connectivity index (χ3n) is 3.01. The Morgan fingerprint density at radius 2 is 1.00 bits per heavy atom. The van der Waals surface area contributed by atoms with E-state index >= 15 is 0 Å². The number of nitrogen functional groups attached to an aromatic ring is 2. The van der Waals surface area contributed by atoms with Gasteiger partial charge in [0.25, 0.3) is 0 Å². The molecule has 2 aromatic rings. The third-order valence-corrected chi connectivity index (χ3v) is 5.39. The maximum atomic E-state index is 10.7. The van der Waals surface area contributed by atoms with Crippen molar-refractivity contribution in [3.05, 3.63) is 45.4 Å². The fourth-order valence-corrected chi connectivity index (χ4v) is 3.94. The van der Waals surface area contributed by atoms with Gasteiger partial charge >= 0.3 is 16.5 Å². The van der Waals surface area contributed by atoms with E-state index in [1.807, 2.05) is 0 Å². The van der Waals surface area contributed by atoms with Crippen molar-refractivity contribution in [1.82, 2.24) is 0 Å². The second kappa shape index (κ2) is 9.42. The van der Waals surface area contributed by atoms with Gasteiger partial charge in [0.15, 0.2) is 0 Å². The van der Waals surface area contributed by atoms with Crippen LogP contribution in [0.15, 0.2) is 34.1 Å². The number of aryl methyl sites for hydroxylation is 2. The molecule has 0 atom stereocenters. The molecule has 152 valence electrons. The van der Waals surface area contributed by atoms with Crippen molar-refractivity contribution in [2.45, 2.75) is 23.6 Å². The molecule has 4 N–H and O–H groups in total. The van der Waals surface area contributed by atoms with Crippen molar-refractivity contribution in [2.24, 2.45) is 0 Å². The predicted octanol–water partition coefficient (Wildman–Crippen LogP) is 2.27.